The van der Waals surface area contributed by atoms with Crippen LogP contribution >= 0.6 is 0 Å². The molecule has 0 aromatic heterocycles. The van der Waals surface area contributed by atoms with Crippen LogP contribution in [-0.4, -0.2) is 35.1 Å². The molecule has 0 aliphatic carbocycles. The Balaban J connectivity index is 2.31. The zero-order chi connectivity index (χ0) is 14.2. The smallest absolute Gasteiger partial charge is 0.254 e. The van der Waals surface area contributed by atoms with E-state index in [2.05, 4.69) is 26.8 Å². The molecule has 1 aromatic carbocycles. The predicted molar refractivity (Wildman–Crippen MR) is 76.4 cm³/mol. The van der Waals surface area contributed by atoms with Crippen molar-refractivity contribution in [2.45, 2.75) is 45.6 Å². The summed E-state index contributed by atoms with van der Waals surface area (Å²) in [5.41, 5.74) is 2.97. The quantitative estimate of drug-likeness (QED) is 0.844. The lowest BCUT2D eigenvalue weighted by Gasteiger charge is -2.22. The van der Waals surface area contributed by atoms with Crippen LogP contribution in [0.2, 0.25) is 0 Å². The lowest BCUT2D eigenvalue weighted by Crippen LogP contribution is -2.30. The zero-order valence-corrected chi connectivity index (χ0v) is 12.2. The second kappa shape index (κ2) is 4.97. The molecule has 1 atom stereocenters. The molecule has 104 valence electrons. The number of carbonyl (C=O) groups excluding carboxylic acids is 1. The third-order valence-corrected chi connectivity index (χ3v) is 3.78. The third-order valence-electron chi connectivity index (χ3n) is 3.78. The fourth-order valence-electron chi connectivity index (χ4n) is 2.42. The van der Waals surface area contributed by atoms with Crippen LogP contribution in [0.25, 0.3) is 0 Å². The molecule has 3 nitrogen and oxygen atoms in total. The minimum atomic E-state index is -0.366. The van der Waals surface area contributed by atoms with E-state index < -0.39 is 0 Å². The molecule has 1 fully saturated rings. The zero-order valence-electron chi connectivity index (χ0n) is 12.2. The monoisotopic (exact) mass is 261 g/mol. The number of aryl methyl sites for hydroxylation is 1. The third kappa shape index (κ3) is 2.98. The number of benzene rings is 1. The molecule has 1 N–H and O–H groups in total. The van der Waals surface area contributed by atoms with E-state index in [1.54, 1.807) is 4.90 Å². The van der Waals surface area contributed by atoms with Crippen molar-refractivity contribution >= 4 is 5.91 Å². The largest absolute Gasteiger partial charge is 0.391 e. The highest BCUT2D eigenvalue weighted by Crippen LogP contribution is 2.25. The summed E-state index contributed by atoms with van der Waals surface area (Å²) in [5, 5.41) is 9.55. The molecule has 0 radical (unpaired) electrons. The van der Waals surface area contributed by atoms with Crippen molar-refractivity contribution in [3.05, 3.63) is 34.9 Å². The van der Waals surface area contributed by atoms with E-state index in [9.17, 15) is 9.90 Å². The maximum Gasteiger partial charge on any atom is 0.254 e. The SMILES string of the molecule is Cc1ccc(C(C)(C)C)cc1C(=O)N1CC[C@H](O)C1. The van der Waals surface area contributed by atoms with Crippen LogP contribution in [0.1, 0.15) is 48.7 Å². The molecule has 0 saturated carbocycles. The molecule has 1 aliphatic rings. The summed E-state index contributed by atoms with van der Waals surface area (Å²) in [4.78, 5) is 14.3. The van der Waals surface area contributed by atoms with Crippen molar-refractivity contribution in [2.24, 2.45) is 0 Å². The molecule has 2 rings (SSSR count). The lowest BCUT2D eigenvalue weighted by molar-refractivity contribution is 0.0764. The van der Waals surface area contributed by atoms with E-state index in [0.29, 0.717) is 19.5 Å². The van der Waals surface area contributed by atoms with Crippen molar-refractivity contribution in [3.8, 4) is 0 Å². The molecule has 1 amide bonds. The molecule has 1 aromatic rings. The normalized spacial score (nSPS) is 19.8. The number of β-amino-alcohol motifs (C(OH)–C–C–N with tert-alkyl or cyclic N) is 1. The van der Waals surface area contributed by atoms with Gasteiger partial charge in [-0.2, -0.15) is 0 Å². The van der Waals surface area contributed by atoms with Gasteiger partial charge in [-0.05, 0) is 36.0 Å². The van der Waals surface area contributed by atoms with Crippen molar-refractivity contribution < 1.29 is 9.90 Å². The standard InChI is InChI=1S/C16H23NO2/c1-11-5-6-12(16(2,3)4)9-14(11)15(19)17-8-7-13(18)10-17/h5-6,9,13,18H,7-8,10H2,1-4H3/t13-/m0/s1. The van der Waals surface area contributed by atoms with Gasteiger partial charge in [-0.15, -0.1) is 0 Å². The van der Waals surface area contributed by atoms with E-state index >= 15 is 0 Å². The Morgan fingerprint density at radius 1 is 1.37 bits per heavy atom. The van der Waals surface area contributed by atoms with Crippen LogP contribution in [-0.2, 0) is 5.41 Å². The van der Waals surface area contributed by atoms with Gasteiger partial charge in [0.15, 0.2) is 0 Å². The number of hydrogen-bond acceptors (Lipinski definition) is 2. The van der Waals surface area contributed by atoms with Gasteiger partial charge in [-0.3, -0.25) is 4.79 Å². The second-order valence-corrected chi connectivity index (χ2v) is 6.47. The summed E-state index contributed by atoms with van der Waals surface area (Å²) in [5.74, 6) is 0.0418. The van der Waals surface area contributed by atoms with Gasteiger partial charge in [0.05, 0.1) is 6.10 Å². The topological polar surface area (TPSA) is 40.5 Å². The first-order chi connectivity index (χ1) is 8.79. The number of likely N-dealkylation sites (tertiary alicyclic amines) is 1. The van der Waals surface area contributed by atoms with E-state index in [0.717, 1.165) is 11.1 Å². The van der Waals surface area contributed by atoms with Crippen LogP contribution < -0.4 is 0 Å². The van der Waals surface area contributed by atoms with Crippen LogP contribution in [0.15, 0.2) is 18.2 Å². The number of aliphatic hydroxyl groups is 1. The van der Waals surface area contributed by atoms with Gasteiger partial charge < -0.3 is 10.0 Å². The minimum absolute atomic E-state index is 0.0350. The molecule has 19 heavy (non-hydrogen) atoms. The number of nitrogens with zero attached hydrogens (tertiary/aromatic N) is 1. The Kier molecular flexibility index (Phi) is 3.68. The fourth-order valence-corrected chi connectivity index (χ4v) is 2.42. The van der Waals surface area contributed by atoms with E-state index in [1.807, 2.05) is 19.1 Å². The first-order valence-corrected chi connectivity index (χ1v) is 6.87. The molecule has 1 saturated heterocycles. The van der Waals surface area contributed by atoms with E-state index in [4.69, 9.17) is 0 Å². The van der Waals surface area contributed by atoms with Gasteiger partial charge in [0, 0.05) is 18.7 Å². The van der Waals surface area contributed by atoms with Crippen molar-refractivity contribution in [1.82, 2.24) is 4.90 Å². The van der Waals surface area contributed by atoms with Crippen LogP contribution in [0.5, 0.6) is 0 Å². The van der Waals surface area contributed by atoms with E-state index in [-0.39, 0.29) is 17.4 Å². The molecule has 1 heterocycles. The highest BCUT2D eigenvalue weighted by molar-refractivity contribution is 5.96. The Morgan fingerprint density at radius 3 is 2.58 bits per heavy atom. The summed E-state index contributed by atoms with van der Waals surface area (Å²) in [6.07, 6.45) is 0.319. The van der Waals surface area contributed by atoms with Crippen molar-refractivity contribution in [3.63, 3.8) is 0 Å². The first-order valence-electron chi connectivity index (χ1n) is 6.87. The first kappa shape index (κ1) is 14.1. The van der Waals surface area contributed by atoms with Crippen LogP contribution in [0.4, 0.5) is 0 Å². The fraction of sp³-hybridized carbons (Fsp3) is 0.562. The number of hydrogen-bond donors (Lipinski definition) is 1. The maximum atomic E-state index is 12.5. The molecular formula is C16H23NO2. The van der Waals surface area contributed by atoms with E-state index in [1.165, 1.54) is 5.56 Å². The van der Waals surface area contributed by atoms with Crippen LogP contribution in [0, 0.1) is 6.92 Å². The van der Waals surface area contributed by atoms with Crippen LogP contribution in [0.3, 0.4) is 0 Å². The van der Waals surface area contributed by atoms with Gasteiger partial charge in [-0.1, -0.05) is 32.9 Å². The average molecular weight is 261 g/mol. The van der Waals surface area contributed by atoms with Gasteiger partial charge in [0.25, 0.3) is 5.91 Å². The minimum Gasteiger partial charge on any atom is -0.391 e. The Hall–Kier alpha value is -1.35. The lowest BCUT2D eigenvalue weighted by atomic mass is 9.85. The highest BCUT2D eigenvalue weighted by Gasteiger charge is 2.27. The number of aliphatic hydroxyl groups excluding tert-OH is 1. The second-order valence-electron chi connectivity index (χ2n) is 6.47. The summed E-state index contributed by atoms with van der Waals surface area (Å²) < 4.78 is 0. The summed E-state index contributed by atoms with van der Waals surface area (Å²) >= 11 is 0. The predicted octanol–water partition coefficient (Wildman–Crippen LogP) is 2.50. The van der Waals surface area contributed by atoms with Crippen molar-refractivity contribution in [2.75, 3.05) is 13.1 Å². The maximum absolute atomic E-state index is 12.5. The van der Waals surface area contributed by atoms with Gasteiger partial charge in [0.2, 0.25) is 0 Å². The highest BCUT2D eigenvalue weighted by atomic mass is 16.3. The summed E-state index contributed by atoms with van der Waals surface area (Å²) in [6, 6.07) is 6.10. The van der Waals surface area contributed by atoms with Gasteiger partial charge >= 0.3 is 0 Å². The Morgan fingerprint density at radius 2 is 2.05 bits per heavy atom. The Bertz CT molecular complexity index is 488. The number of amides is 1. The molecular weight excluding hydrogens is 238 g/mol. The molecule has 0 unspecified atom stereocenters. The van der Waals surface area contributed by atoms with Gasteiger partial charge in [-0.25, -0.2) is 0 Å². The number of rotatable bonds is 1. The van der Waals surface area contributed by atoms with Gasteiger partial charge in [0.1, 0.15) is 0 Å². The van der Waals surface area contributed by atoms with Crippen molar-refractivity contribution in [1.29, 1.82) is 0 Å². The molecule has 1 aliphatic heterocycles. The average Bonchev–Trinajstić information content (AvgIpc) is 2.74. The summed E-state index contributed by atoms with van der Waals surface area (Å²) in [6.45, 7) is 9.51. The summed E-state index contributed by atoms with van der Waals surface area (Å²) in [7, 11) is 0. The number of carbonyl (C=O) groups is 1. The Labute approximate surface area is 115 Å². The molecule has 0 bridgehead atoms. The molecule has 3 heteroatoms. The molecule has 0 spiro atoms.